The lowest BCUT2D eigenvalue weighted by molar-refractivity contribution is 0.102. The number of halogens is 1. The molecule has 0 radical (unpaired) electrons. The molecule has 6 heteroatoms. The van der Waals surface area contributed by atoms with E-state index in [4.69, 9.17) is 11.6 Å². The van der Waals surface area contributed by atoms with Gasteiger partial charge in [-0.15, -0.1) is 0 Å². The Morgan fingerprint density at radius 1 is 1.26 bits per heavy atom. The minimum atomic E-state index is -0.179. The van der Waals surface area contributed by atoms with Crippen LogP contribution in [0, 0.1) is 6.92 Å². The summed E-state index contributed by atoms with van der Waals surface area (Å²) in [4.78, 5) is 18.9. The molecule has 4 nitrogen and oxygen atoms in total. The summed E-state index contributed by atoms with van der Waals surface area (Å²) in [5.74, 6) is -0.179. The number of carbonyl (C=O) groups excluding carboxylic acids is 1. The molecule has 3 aromatic rings. The number of nitrogens with zero attached hydrogens (tertiary/aromatic N) is 2. The number of hydrogen-bond acceptors (Lipinski definition) is 4. The minimum absolute atomic E-state index is 0.179. The topological polar surface area (TPSA) is 45.2 Å². The Morgan fingerprint density at radius 2 is 2.04 bits per heavy atom. The molecule has 0 aliphatic heterocycles. The summed E-state index contributed by atoms with van der Waals surface area (Å²) in [6.45, 7) is 1.98. The number of aryl methyl sites for hydroxylation is 1. The zero-order chi connectivity index (χ0) is 16.6. The smallest absolute Gasteiger partial charge is 0.257 e. The molecule has 3 rings (SSSR count). The summed E-state index contributed by atoms with van der Waals surface area (Å²) in [5.41, 5.74) is 3.44. The number of aromatic nitrogens is 1. The maximum absolute atomic E-state index is 12.4. The zero-order valence-corrected chi connectivity index (χ0v) is 14.6. The van der Waals surface area contributed by atoms with E-state index in [1.165, 1.54) is 11.3 Å². The number of nitrogens with one attached hydrogen (secondary N) is 1. The molecule has 0 saturated heterocycles. The fourth-order valence-corrected chi connectivity index (χ4v) is 3.46. The monoisotopic (exact) mass is 345 g/mol. The van der Waals surface area contributed by atoms with E-state index in [2.05, 4.69) is 10.3 Å². The standard InChI is InChI=1S/C17H16ClN3OS/c1-10-7-8-13(18)15-14(10)19-17(23-15)20-16(22)11-5-4-6-12(9-11)21(2)3/h4-9H,1-3H3,(H,19,20,22). The van der Waals surface area contributed by atoms with Gasteiger partial charge >= 0.3 is 0 Å². The van der Waals surface area contributed by atoms with Crippen LogP contribution >= 0.6 is 22.9 Å². The molecule has 118 valence electrons. The highest BCUT2D eigenvalue weighted by Crippen LogP contribution is 2.34. The summed E-state index contributed by atoms with van der Waals surface area (Å²) in [5, 5.41) is 4.06. The molecule has 0 fully saturated rings. The molecule has 1 amide bonds. The van der Waals surface area contributed by atoms with Gasteiger partial charge < -0.3 is 4.90 Å². The fraction of sp³-hybridized carbons (Fsp3) is 0.176. The third kappa shape index (κ3) is 3.16. The van der Waals surface area contributed by atoms with Crippen molar-refractivity contribution in [3.8, 4) is 0 Å². The van der Waals surface area contributed by atoms with Gasteiger partial charge in [0, 0.05) is 25.3 Å². The summed E-state index contributed by atoms with van der Waals surface area (Å²) in [7, 11) is 3.88. The first-order valence-electron chi connectivity index (χ1n) is 7.10. The Balaban J connectivity index is 1.90. The van der Waals surface area contributed by atoms with Crippen molar-refractivity contribution in [2.45, 2.75) is 6.92 Å². The average Bonchev–Trinajstić information content (AvgIpc) is 2.96. The third-order valence-electron chi connectivity index (χ3n) is 3.54. The number of thiazole rings is 1. The van der Waals surface area contributed by atoms with Gasteiger partial charge in [-0.25, -0.2) is 4.98 Å². The number of benzene rings is 2. The van der Waals surface area contributed by atoms with Crippen LogP contribution in [0.2, 0.25) is 5.02 Å². The molecule has 0 aliphatic carbocycles. The van der Waals surface area contributed by atoms with Gasteiger partial charge in [0.25, 0.3) is 5.91 Å². The Kier molecular flexibility index (Phi) is 4.24. The van der Waals surface area contributed by atoms with E-state index in [0.717, 1.165) is 21.5 Å². The number of rotatable bonds is 3. The van der Waals surface area contributed by atoms with Crippen LogP contribution in [0.15, 0.2) is 36.4 Å². The van der Waals surface area contributed by atoms with Crippen LogP contribution < -0.4 is 10.2 Å². The molecular weight excluding hydrogens is 330 g/mol. The molecular formula is C17H16ClN3OS. The molecule has 23 heavy (non-hydrogen) atoms. The zero-order valence-electron chi connectivity index (χ0n) is 13.1. The van der Waals surface area contributed by atoms with Crippen molar-refractivity contribution in [2.24, 2.45) is 0 Å². The average molecular weight is 346 g/mol. The number of fused-ring (bicyclic) bond motifs is 1. The Bertz CT molecular complexity index is 850. The SMILES string of the molecule is Cc1ccc(Cl)c2sc(NC(=O)c3cccc(N(C)C)c3)nc12. The summed E-state index contributed by atoms with van der Waals surface area (Å²) < 4.78 is 0.893. The van der Waals surface area contributed by atoms with Gasteiger partial charge in [-0.2, -0.15) is 0 Å². The van der Waals surface area contributed by atoms with E-state index >= 15 is 0 Å². The van der Waals surface area contributed by atoms with Crippen LogP contribution in [-0.2, 0) is 0 Å². The van der Waals surface area contributed by atoms with Gasteiger partial charge in [-0.05, 0) is 36.8 Å². The van der Waals surface area contributed by atoms with E-state index in [0.29, 0.717) is 15.7 Å². The van der Waals surface area contributed by atoms with Crippen molar-refractivity contribution < 1.29 is 4.79 Å². The number of carbonyl (C=O) groups is 1. The first-order chi connectivity index (χ1) is 11.0. The van der Waals surface area contributed by atoms with Crippen LogP contribution in [0.25, 0.3) is 10.2 Å². The summed E-state index contributed by atoms with van der Waals surface area (Å²) >= 11 is 7.59. The van der Waals surface area contributed by atoms with Crippen LogP contribution in [0.3, 0.4) is 0 Å². The summed E-state index contributed by atoms with van der Waals surface area (Å²) in [6.07, 6.45) is 0. The second-order valence-electron chi connectivity index (χ2n) is 5.46. The minimum Gasteiger partial charge on any atom is -0.378 e. The van der Waals surface area contributed by atoms with Gasteiger partial charge in [-0.3, -0.25) is 10.1 Å². The van der Waals surface area contributed by atoms with Crippen molar-refractivity contribution in [1.29, 1.82) is 0 Å². The number of hydrogen-bond donors (Lipinski definition) is 1. The highest BCUT2D eigenvalue weighted by atomic mass is 35.5. The molecule has 0 unspecified atom stereocenters. The Hall–Kier alpha value is -2.11. The van der Waals surface area contributed by atoms with E-state index in [-0.39, 0.29) is 5.91 Å². The van der Waals surface area contributed by atoms with E-state index in [1.54, 1.807) is 6.07 Å². The van der Waals surface area contributed by atoms with Crippen molar-refractivity contribution >= 4 is 49.9 Å². The van der Waals surface area contributed by atoms with Gasteiger partial charge in [0.2, 0.25) is 0 Å². The van der Waals surface area contributed by atoms with E-state index in [1.807, 2.05) is 56.3 Å². The largest absolute Gasteiger partial charge is 0.378 e. The molecule has 2 aromatic carbocycles. The molecule has 0 aliphatic rings. The van der Waals surface area contributed by atoms with Gasteiger partial charge in [0.1, 0.15) is 0 Å². The molecule has 0 spiro atoms. The predicted molar refractivity (Wildman–Crippen MR) is 98.1 cm³/mol. The highest BCUT2D eigenvalue weighted by Gasteiger charge is 2.13. The quantitative estimate of drug-likeness (QED) is 0.755. The van der Waals surface area contributed by atoms with Crippen LogP contribution in [0.4, 0.5) is 10.8 Å². The molecule has 0 bridgehead atoms. The molecule has 1 heterocycles. The molecule has 1 N–H and O–H groups in total. The number of amides is 1. The predicted octanol–water partition coefficient (Wildman–Crippen LogP) is 4.58. The van der Waals surface area contributed by atoms with Gasteiger partial charge in [-0.1, -0.05) is 35.1 Å². The van der Waals surface area contributed by atoms with Crippen LogP contribution in [-0.4, -0.2) is 25.0 Å². The van der Waals surface area contributed by atoms with E-state index in [9.17, 15) is 4.79 Å². The van der Waals surface area contributed by atoms with Gasteiger partial charge in [0.15, 0.2) is 5.13 Å². The van der Waals surface area contributed by atoms with Crippen molar-refractivity contribution in [3.63, 3.8) is 0 Å². The highest BCUT2D eigenvalue weighted by molar-refractivity contribution is 7.23. The number of anilines is 2. The van der Waals surface area contributed by atoms with Crippen molar-refractivity contribution in [2.75, 3.05) is 24.3 Å². The molecule has 0 atom stereocenters. The third-order valence-corrected chi connectivity index (χ3v) is 4.97. The van der Waals surface area contributed by atoms with Crippen LogP contribution in [0.5, 0.6) is 0 Å². The summed E-state index contributed by atoms with van der Waals surface area (Å²) in [6, 6.07) is 11.2. The molecule has 0 saturated carbocycles. The van der Waals surface area contributed by atoms with Gasteiger partial charge in [0.05, 0.1) is 15.2 Å². The lowest BCUT2D eigenvalue weighted by atomic mass is 10.2. The Labute approximate surface area is 143 Å². The van der Waals surface area contributed by atoms with Crippen LogP contribution in [0.1, 0.15) is 15.9 Å². The lowest BCUT2D eigenvalue weighted by Gasteiger charge is -2.13. The first-order valence-corrected chi connectivity index (χ1v) is 8.29. The van der Waals surface area contributed by atoms with E-state index < -0.39 is 0 Å². The second-order valence-corrected chi connectivity index (χ2v) is 6.87. The lowest BCUT2D eigenvalue weighted by Crippen LogP contribution is -2.14. The van der Waals surface area contributed by atoms with Crippen molar-refractivity contribution in [1.82, 2.24) is 4.98 Å². The van der Waals surface area contributed by atoms with Crippen molar-refractivity contribution in [3.05, 3.63) is 52.5 Å². The maximum atomic E-state index is 12.4. The maximum Gasteiger partial charge on any atom is 0.257 e. The first kappa shape index (κ1) is 15.8. The fourth-order valence-electron chi connectivity index (χ4n) is 2.25. The second kappa shape index (κ2) is 6.18. The molecule has 1 aromatic heterocycles. The Morgan fingerprint density at radius 3 is 2.74 bits per heavy atom. The normalized spacial score (nSPS) is 10.8.